The molecule has 0 aliphatic rings. The van der Waals surface area contributed by atoms with Crippen molar-refractivity contribution < 1.29 is 9.53 Å². The van der Waals surface area contributed by atoms with Crippen molar-refractivity contribution in [2.24, 2.45) is 0 Å². The molecule has 0 aliphatic heterocycles. The normalized spacial score (nSPS) is 10.2. The average Bonchev–Trinajstić information content (AvgIpc) is 2.42. The number of carbonyl (C=O) groups excluding carboxylic acids is 1. The van der Waals surface area contributed by atoms with E-state index in [0.717, 1.165) is 11.1 Å². The van der Waals surface area contributed by atoms with E-state index in [2.05, 4.69) is 0 Å². The molecule has 0 bridgehead atoms. The third kappa shape index (κ3) is 2.94. The standard InChI is InChI=1S/C15H14O2/c16-12-17-11-15(13-7-3-1-4-8-13)14-9-5-2-6-10-14/h1-10,12,15H,11H2. The van der Waals surface area contributed by atoms with Crippen molar-refractivity contribution in [2.45, 2.75) is 5.92 Å². The summed E-state index contributed by atoms with van der Waals surface area (Å²) in [6.45, 7) is 0.871. The zero-order valence-corrected chi connectivity index (χ0v) is 9.45. The Labute approximate surface area is 101 Å². The number of rotatable bonds is 5. The Hall–Kier alpha value is -2.09. The first-order chi connectivity index (χ1) is 8.42. The van der Waals surface area contributed by atoms with E-state index in [4.69, 9.17) is 4.74 Å². The summed E-state index contributed by atoms with van der Waals surface area (Å²) in [5.41, 5.74) is 2.31. The lowest BCUT2D eigenvalue weighted by molar-refractivity contribution is -0.128. The molecule has 0 aromatic heterocycles. The van der Waals surface area contributed by atoms with Gasteiger partial charge in [0.15, 0.2) is 0 Å². The fraction of sp³-hybridized carbons (Fsp3) is 0.133. The van der Waals surface area contributed by atoms with Gasteiger partial charge in [0, 0.05) is 5.92 Å². The topological polar surface area (TPSA) is 26.3 Å². The molecule has 0 saturated heterocycles. The predicted octanol–water partition coefficient (Wildman–Crippen LogP) is 2.99. The van der Waals surface area contributed by atoms with Crippen molar-refractivity contribution in [1.29, 1.82) is 0 Å². The molecule has 2 aromatic carbocycles. The molecule has 0 N–H and O–H groups in total. The van der Waals surface area contributed by atoms with Crippen molar-refractivity contribution in [1.82, 2.24) is 0 Å². The predicted molar refractivity (Wildman–Crippen MR) is 66.7 cm³/mol. The molecule has 17 heavy (non-hydrogen) atoms. The Balaban J connectivity index is 2.29. The highest BCUT2D eigenvalue weighted by molar-refractivity contribution is 5.39. The molecule has 86 valence electrons. The summed E-state index contributed by atoms with van der Waals surface area (Å²) in [4.78, 5) is 10.3. The summed E-state index contributed by atoms with van der Waals surface area (Å²) < 4.78 is 4.92. The highest BCUT2D eigenvalue weighted by atomic mass is 16.5. The van der Waals surface area contributed by atoms with Gasteiger partial charge in [-0.05, 0) is 11.1 Å². The third-order valence-corrected chi connectivity index (χ3v) is 2.73. The van der Waals surface area contributed by atoms with Crippen LogP contribution >= 0.6 is 0 Å². The third-order valence-electron chi connectivity index (χ3n) is 2.73. The van der Waals surface area contributed by atoms with Gasteiger partial charge < -0.3 is 4.74 Å². The van der Waals surface area contributed by atoms with E-state index < -0.39 is 0 Å². The Morgan fingerprint density at radius 3 is 1.76 bits per heavy atom. The number of carbonyl (C=O) groups is 1. The molecule has 2 heteroatoms. The molecule has 2 nitrogen and oxygen atoms in total. The fourth-order valence-corrected chi connectivity index (χ4v) is 1.89. The van der Waals surface area contributed by atoms with Gasteiger partial charge >= 0.3 is 0 Å². The zero-order valence-electron chi connectivity index (χ0n) is 9.45. The highest BCUT2D eigenvalue weighted by Gasteiger charge is 2.13. The first-order valence-electron chi connectivity index (χ1n) is 5.57. The Morgan fingerprint density at radius 1 is 0.882 bits per heavy atom. The van der Waals surface area contributed by atoms with Crippen LogP contribution < -0.4 is 0 Å². The van der Waals surface area contributed by atoms with Gasteiger partial charge in [0.1, 0.15) is 6.61 Å². The van der Waals surface area contributed by atoms with Crippen LogP contribution in [0.4, 0.5) is 0 Å². The molecule has 0 saturated carbocycles. The number of benzene rings is 2. The molecule has 0 radical (unpaired) electrons. The highest BCUT2D eigenvalue weighted by Crippen LogP contribution is 2.24. The van der Waals surface area contributed by atoms with Crippen LogP contribution in [0.5, 0.6) is 0 Å². The lowest BCUT2D eigenvalue weighted by atomic mass is 9.92. The Bertz CT molecular complexity index is 411. The lowest BCUT2D eigenvalue weighted by Gasteiger charge is -2.16. The maximum Gasteiger partial charge on any atom is 0.293 e. The molecule has 0 amide bonds. The second-order valence-corrected chi connectivity index (χ2v) is 3.80. The van der Waals surface area contributed by atoms with Gasteiger partial charge in [-0.25, -0.2) is 0 Å². The summed E-state index contributed by atoms with van der Waals surface area (Å²) >= 11 is 0. The first kappa shape index (κ1) is 11.4. The van der Waals surface area contributed by atoms with E-state index in [1.54, 1.807) is 0 Å². The van der Waals surface area contributed by atoms with Gasteiger partial charge in [0.2, 0.25) is 0 Å². The Morgan fingerprint density at radius 2 is 1.35 bits per heavy atom. The molecule has 0 fully saturated rings. The van der Waals surface area contributed by atoms with Crippen LogP contribution in [-0.2, 0) is 9.53 Å². The van der Waals surface area contributed by atoms with Gasteiger partial charge in [-0.3, -0.25) is 4.79 Å². The number of hydrogen-bond donors (Lipinski definition) is 0. The van der Waals surface area contributed by atoms with Crippen LogP contribution in [0, 0.1) is 0 Å². The Kier molecular flexibility index (Phi) is 3.92. The molecular formula is C15H14O2. The van der Waals surface area contributed by atoms with Gasteiger partial charge in [-0.1, -0.05) is 60.7 Å². The molecule has 0 unspecified atom stereocenters. The van der Waals surface area contributed by atoms with Crippen LogP contribution in [0.2, 0.25) is 0 Å². The summed E-state index contributed by atoms with van der Waals surface area (Å²) in [6.07, 6.45) is 0. The van der Waals surface area contributed by atoms with E-state index in [0.29, 0.717) is 13.1 Å². The van der Waals surface area contributed by atoms with Crippen molar-refractivity contribution in [3.63, 3.8) is 0 Å². The smallest absolute Gasteiger partial charge is 0.293 e. The quantitative estimate of drug-likeness (QED) is 0.732. The minimum atomic E-state index is 0.0996. The van der Waals surface area contributed by atoms with E-state index >= 15 is 0 Å². The SMILES string of the molecule is O=COCC(c1ccccc1)c1ccccc1. The van der Waals surface area contributed by atoms with Crippen LogP contribution in [0.15, 0.2) is 60.7 Å². The van der Waals surface area contributed by atoms with Crippen molar-refractivity contribution in [3.8, 4) is 0 Å². The van der Waals surface area contributed by atoms with E-state index in [1.165, 1.54) is 0 Å². The molecular weight excluding hydrogens is 212 g/mol. The molecule has 0 aliphatic carbocycles. The van der Waals surface area contributed by atoms with Crippen LogP contribution in [0.25, 0.3) is 0 Å². The average molecular weight is 226 g/mol. The van der Waals surface area contributed by atoms with Crippen LogP contribution in [0.1, 0.15) is 17.0 Å². The lowest BCUT2D eigenvalue weighted by Crippen LogP contribution is -2.08. The maximum atomic E-state index is 10.3. The van der Waals surface area contributed by atoms with Gasteiger partial charge in [-0.2, -0.15) is 0 Å². The van der Waals surface area contributed by atoms with Crippen molar-refractivity contribution in [2.75, 3.05) is 6.61 Å². The van der Waals surface area contributed by atoms with E-state index in [9.17, 15) is 4.79 Å². The monoisotopic (exact) mass is 226 g/mol. The summed E-state index contributed by atoms with van der Waals surface area (Å²) in [5.74, 6) is 0.0996. The minimum absolute atomic E-state index is 0.0996. The van der Waals surface area contributed by atoms with Crippen molar-refractivity contribution >= 4 is 6.47 Å². The van der Waals surface area contributed by atoms with Crippen LogP contribution in [-0.4, -0.2) is 13.1 Å². The molecule has 0 atom stereocenters. The largest absolute Gasteiger partial charge is 0.467 e. The second kappa shape index (κ2) is 5.85. The van der Waals surface area contributed by atoms with E-state index in [1.807, 2.05) is 60.7 Å². The maximum absolute atomic E-state index is 10.3. The first-order valence-corrected chi connectivity index (χ1v) is 5.57. The second-order valence-electron chi connectivity index (χ2n) is 3.80. The summed E-state index contributed by atoms with van der Waals surface area (Å²) in [6, 6.07) is 20.1. The number of ether oxygens (including phenoxy) is 1. The number of hydrogen-bond acceptors (Lipinski definition) is 2. The molecule has 0 heterocycles. The van der Waals surface area contributed by atoms with Gasteiger partial charge in [0.05, 0.1) is 0 Å². The molecule has 2 rings (SSSR count). The van der Waals surface area contributed by atoms with Gasteiger partial charge in [-0.15, -0.1) is 0 Å². The summed E-state index contributed by atoms with van der Waals surface area (Å²) in [5, 5.41) is 0. The summed E-state index contributed by atoms with van der Waals surface area (Å²) in [7, 11) is 0. The zero-order chi connectivity index (χ0) is 11.9. The van der Waals surface area contributed by atoms with Crippen molar-refractivity contribution in [3.05, 3.63) is 71.8 Å². The molecule has 0 spiro atoms. The fourth-order valence-electron chi connectivity index (χ4n) is 1.89. The molecule has 2 aromatic rings. The van der Waals surface area contributed by atoms with E-state index in [-0.39, 0.29) is 5.92 Å². The van der Waals surface area contributed by atoms with Crippen LogP contribution in [0.3, 0.4) is 0 Å². The minimum Gasteiger partial charge on any atom is -0.467 e. The van der Waals surface area contributed by atoms with Gasteiger partial charge in [0.25, 0.3) is 6.47 Å².